The Morgan fingerprint density at radius 3 is 2.56 bits per heavy atom. The van der Waals surface area contributed by atoms with E-state index in [2.05, 4.69) is 10.1 Å². The van der Waals surface area contributed by atoms with Crippen LogP contribution in [0.3, 0.4) is 0 Å². The third kappa shape index (κ3) is 4.33. The fourth-order valence-electron chi connectivity index (χ4n) is 3.35. The number of nitrogens with zero attached hydrogens (tertiary/aromatic N) is 4. The van der Waals surface area contributed by atoms with Crippen molar-refractivity contribution in [2.24, 2.45) is 5.73 Å². The number of nitrogens with one attached hydrogen (secondary N) is 1. The van der Waals surface area contributed by atoms with E-state index in [1.807, 2.05) is 12.1 Å². The molecule has 1 atom stereocenters. The molecule has 0 spiro atoms. The average Bonchev–Trinajstić information content (AvgIpc) is 3.30. The van der Waals surface area contributed by atoms with E-state index in [9.17, 15) is 13.2 Å². The van der Waals surface area contributed by atoms with Crippen molar-refractivity contribution in [3.63, 3.8) is 0 Å². The van der Waals surface area contributed by atoms with Gasteiger partial charge in [-0.3, -0.25) is 10.2 Å². The Morgan fingerprint density at radius 1 is 1.31 bits per heavy atom. The van der Waals surface area contributed by atoms with Crippen LogP contribution in [0.25, 0.3) is 0 Å². The summed E-state index contributed by atoms with van der Waals surface area (Å²) in [5, 5.41) is 12.2. The van der Waals surface area contributed by atoms with Crippen LogP contribution in [-0.4, -0.2) is 52.0 Å². The van der Waals surface area contributed by atoms with Crippen LogP contribution in [0.2, 0.25) is 0 Å². The Bertz CT molecular complexity index is 1280. The summed E-state index contributed by atoms with van der Waals surface area (Å²) in [5.74, 6) is 0.851. The minimum Gasteiger partial charge on any atom is -0.469 e. The number of benzene rings is 1. The van der Waals surface area contributed by atoms with Crippen LogP contribution in [0.4, 0.5) is 0 Å². The van der Waals surface area contributed by atoms with Crippen molar-refractivity contribution in [1.29, 1.82) is 5.41 Å². The number of carbonyl (C=O) groups excluding carboxylic acids is 1. The molecule has 1 fully saturated rings. The van der Waals surface area contributed by atoms with E-state index in [0.29, 0.717) is 46.6 Å². The molecule has 1 aliphatic rings. The van der Waals surface area contributed by atoms with Gasteiger partial charge in [0.1, 0.15) is 11.6 Å². The van der Waals surface area contributed by atoms with Gasteiger partial charge in [-0.25, -0.2) is 13.4 Å². The Hall–Kier alpha value is -2.96. The number of hydrogen-bond acceptors (Lipinski definition) is 8. The average molecular weight is 475 g/mol. The van der Waals surface area contributed by atoms with Gasteiger partial charge in [0.25, 0.3) is 5.91 Å². The minimum atomic E-state index is -3.39. The Labute approximate surface area is 189 Å². The number of aromatic nitrogens is 3. The second-order valence-corrected chi connectivity index (χ2v) is 10.3. The molecule has 4 rings (SSSR count). The molecule has 1 saturated heterocycles. The second-order valence-electron chi connectivity index (χ2n) is 7.44. The van der Waals surface area contributed by atoms with Crippen LogP contribution in [0.5, 0.6) is 0 Å². The highest BCUT2D eigenvalue weighted by atomic mass is 32.2. The smallest absolute Gasteiger partial charge is 0.284 e. The summed E-state index contributed by atoms with van der Waals surface area (Å²) in [5.41, 5.74) is 7.43. The van der Waals surface area contributed by atoms with Gasteiger partial charge in [0.2, 0.25) is 10.0 Å². The van der Waals surface area contributed by atoms with Crippen molar-refractivity contribution in [1.82, 2.24) is 19.1 Å². The van der Waals surface area contributed by atoms with Crippen molar-refractivity contribution < 1.29 is 17.6 Å². The topological polar surface area (TPSA) is 148 Å². The molecule has 2 aromatic heterocycles. The highest BCUT2D eigenvalue weighted by molar-refractivity contribution is 7.98. The van der Waals surface area contributed by atoms with Gasteiger partial charge in [0.15, 0.2) is 11.0 Å². The Balaban J connectivity index is 1.63. The molecular weight excluding hydrogens is 452 g/mol. The number of hydrogen-bond donors (Lipinski definition) is 2. The molecule has 32 heavy (non-hydrogen) atoms. The van der Waals surface area contributed by atoms with Crippen LogP contribution in [0.15, 0.2) is 46.2 Å². The van der Waals surface area contributed by atoms with E-state index >= 15 is 0 Å². The first kappa shape index (κ1) is 22.2. The zero-order valence-corrected chi connectivity index (χ0v) is 19.1. The first-order valence-electron chi connectivity index (χ1n) is 9.74. The van der Waals surface area contributed by atoms with Gasteiger partial charge in [-0.1, -0.05) is 36.0 Å². The van der Waals surface area contributed by atoms with Gasteiger partial charge in [0, 0.05) is 17.9 Å². The summed E-state index contributed by atoms with van der Waals surface area (Å²) in [4.78, 5) is 17.6. The lowest BCUT2D eigenvalue weighted by Gasteiger charge is -2.36. The third-order valence-electron chi connectivity index (χ3n) is 5.20. The summed E-state index contributed by atoms with van der Waals surface area (Å²) < 4.78 is 31.8. The first-order chi connectivity index (χ1) is 15.1. The highest BCUT2D eigenvalue weighted by Crippen LogP contribution is 2.35. The summed E-state index contributed by atoms with van der Waals surface area (Å²) in [6.45, 7) is 2.09. The number of nitrogens with two attached hydrogens (primary N) is 1. The number of rotatable bonds is 7. The van der Waals surface area contributed by atoms with Crippen molar-refractivity contribution >= 4 is 33.5 Å². The summed E-state index contributed by atoms with van der Waals surface area (Å²) in [6, 6.07) is 8.30. The second kappa shape index (κ2) is 8.52. The van der Waals surface area contributed by atoms with E-state index in [4.69, 9.17) is 15.6 Å². The zero-order chi connectivity index (χ0) is 23.0. The molecule has 0 aliphatic carbocycles. The van der Waals surface area contributed by atoms with Gasteiger partial charge < -0.3 is 10.2 Å². The maximum atomic E-state index is 13.1. The molecule has 12 heteroatoms. The fraction of sp³-hybridized carbons (Fsp3) is 0.300. The lowest BCUT2D eigenvalue weighted by Crippen LogP contribution is -2.45. The molecule has 1 aromatic carbocycles. The van der Waals surface area contributed by atoms with E-state index in [1.54, 1.807) is 25.1 Å². The fourth-order valence-corrected chi connectivity index (χ4v) is 5.34. The minimum absolute atomic E-state index is 0.00871. The lowest BCUT2D eigenvalue weighted by molar-refractivity contribution is 0.0930. The van der Waals surface area contributed by atoms with Gasteiger partial charge in [-0.2, -0.15) is 8.99 Å². The predicted molar refractivity (Wildman–Crippen MR) is 119 cm³/mol. The van der Waals surface area contributed by atoms with E-state index < -0.39 is 22.0 Å². The van der Waals surface area contributed by atoms with E-state index in [0.717, 1.165) is 11.8 Å². The normalized spacial score (nSPS) is 16.6. The van der Waals surface area contributed by atoms with Gasteiger partial charge >= 0.3 is 0 Å². The number of nitrogen functional groups attached to an aromatic ring is 1. The number of amidine groups is 1. The number of aryl methyl sites for hydroxylation is 1. The van der Waals surface area contributed by atoms with Crippen LogP contribution in [0, 0.1) is 12.3 Å². The van der Waals surface area contributed by atoms with Crippen LogP contribution >= 0.6 is 11.8 Å². The quantitative estimate of drug-likeness (QED) is 0.301. The maximum Gasteiger partial charge on any atom is 0.284 e. The lowest BCUT2D eigenvalue weighted by atomic mass is 10.1. The van der Waals surface area contributed by atoms with Crippen LogP contribution in [0.1, 0.15) is 45.5 Å². The van der Waals surface area contributed by atoms with Crippen molar-refractivity contribution in [2.75, 3.05) is 12.8 Å². The number of thioether (sulfide) groups is 1. The number of furan rings is 1. The zero-order valence-electron chi connectivity index (χ0n) is 17.5. The summed E-state index contributed by atoms with van der Waals surface area (Å²) in [7, 11) is -3.39. The predicted octanol–water partition coefficient (Wildman–Crippen LogP) is 2.15. The molecule has 3 heterocycles. The molecule has 3 N–H and O–H groups in total. The molecule has 10 nitrogen and oxygen atoms in total. The first-order valence-corrected chi connectivity index (χ1v) is 12.6. The molecule has 0 radical (unpaired) electrons. The molecule has 168 valence electrons. The van der Waals surface area contributed by atoms with Crippen molar-refractivity contribution in [2.45, 2.75) is 30.3 Å². The SMILES string of the molecule is Cc1occc1C(=O)n1nc(C2CCN2S(C)(=O)=O)nc1SCc1ccc(C(=N)N)cc1. The van der Waals surface area contributed by atoms with Crippen LogP contribution in [-0.2, 0) is 15.8 Å². The number of sulfonamides is 1. The van der Waals surface area contributed by atoms with Gasteiger partial charge in [-0.15, -0.1) is 5.10 Å². The highest BCUT2D eigenvalue weighted by Gasteiger charge is 2.39. The molecule has 0 saturated carbocycles. The van der Waals surface area contributed by atoms with Gasteiger partial charge in [-0.05, 0) is 25.0 Å². The Morgan fingerprint density at radius 2 is 2.03 bits per heavy atom. The molecule has 1 unspecified atom stereocenters. The maximum absolute atomic E-state index is 13.1. The molecule has 1 aliphatic heterocycles. The molecule has 0 amide bonds. The van der Waals surface area contributed by atoms with Crippen molar-refractivity contribution in [3.05, 3.63) is 64.9 Å². The third-order valence-corrected chi connectivity index (χ3v) is 7.49. The summed E-state index contributed by atoms with van der Waals surface area (Å²) >= 11 is 1.31. The Kier molecular flexibility index (Phi) is 5.93. The largest absolute Gasteiger partial charge is 0.469 e. The number of carbonyl (C=O) groups is 1. The standard InChI is InChI=1S/C20H22N6O4S2/c1-12-15(8-10-30-12)19(27)26-20(31-11-13-3-5-14(6-4-13)17(21)22)23-18(24-26)16-7-9-25(16)32(2,28)29/h3-6,8,10,16H,7,9,11H2,1-2H3,(H3,21,22). The van der Waals surface area contributed by atoms with E-state index in [1.165, 1.54) is 27.0 Å². The van der Waals surface area contributed by atoms with Crippen LogP contribution < -0.4 is 5.73 Å². The summed E-state index contributed by atoms with van der Waals surface area (Å²) in [6.07, 6.45) is 3.17. The van der Waals surface area contributed by atoms with E-state index in [-0.39, 0.29) is 5.84 Å². The monoisotopic (exact) mass is 474 g/mol. The molecule has 0 bridgehead atoms. The van der Waals surface area contributed by atoms with Gasteiger partial charge in [0.05, 0.1) is 24.1 Å². The molecule has 3 aromatic rings. The van der Waals surface area contributed by atoms with Crippen molar-refractivity contribution in [3.8, 4) is 0 Å². The molecular formula is C20H22N6O4S2.